The van der Waals surface area contributed by atoms with Crippen molar-refractivity contribution in [2.45, 2.75) is 43.9 Å². The Kier molecular flexibility index (Phi) is 3.03. The van der Waals surface area contributed by atoms with E-state index < -0.39 is 0 Å². The summed E-state index contributed by atoms with van der Waals surface area (Å²) in [5.74, 6) is 0. The molecule has 0 radical (unpaired) electrons. The van der Waals surface area contributed by atoms with E-state index in [1.807, 2.05) is 0 Å². The number of aliphatic hydroxyl groups excluding tert-OH is 1. The molecule has 1 saturated carbocycles. The van der Waals surface area contributed by atoms with E-state index >= 15 is 0 Å². The predicted molar refractivity (Wildman–Crippen MR) is 52.8 cm³/mol. The average molecular weight is 198 g/mol. The summed E-state index contributed by atoms with van der Waals surface area (Å²) in [6, 6.07) is 1.03. The number of nitrogens with one attached hydrogen (secondary N) is 1. The number of hydrogen-bond donors (Lipinski definition) is 2. The smallest absolute Gasteiger partial charge is 0.207 e. The number of β-amino-alcohol motifs (C(OH)–C–C–N with tert-alkyl or cyclic N) is 1. The van der Waals surface area contributed by atoms with Crippen LogP contribution in [0.3, 0.4) is 0 Å². The van der Waals surface area contributed by atoms with Gasteiger partial charge in [-0.05, 0) is 25.7 Å². The highest BCUT2D eigenvalue weighted by Crippen LogP contribution is 2.26. The minimum absolute atomic E-state index is 0.0965. The van der Waals surface area contributed by atoms with E-state index in [9.17, 15) is 9.90 Å². The Morgan fingerprint density at radius 2 is 1.86 bits per heavy atom. The van der Waals surface area contributed by atoms with Gasteiger partial charge in [-0.3, -0.25) is 9.69 Å². The van der Waals surface area contributed by atoms with Crippen molar-refractivity contribution in [1.29, 1.82) is 0 Å². The Balaban J connectivity index is 1.70. The average Bonchev–Trinajstić information content (AvgIpc) is 2.15. The molecule has 0 atom stereocenters. The lowest BCUT2D eigenvalue weighted by Crippen LogP contribution is -2.56. The topological polar surface area (TPSA) is 52.6 Å². The lowest BCUT2D eigenvalue weighted by molar-refractivity contribution is -0.110. The van der Waals surface area contributed by atoms with Crippen molar-refractivity contribution in [3.8, 4) is 0 Å². The first kappa shape index (κ1) is 9.93. The second kappa shape index (κ2) is 4.28. The van der Waals surface area contributed by atoms with Gasteiger partial charge in [-0.15, -0.1) is 0 Å². The van der Waals surface area contributed by atoms with Crippen LogP contribution in [0, 0.1) is 0 Å². The molecule has 0 aromatic heterocycles. The SMILES string of the molecule is O=CNC1CCC(N2CC(O)C2)CC1. The van der Waals surface area contributed by atoms with Crippen molar-refractivity contribution < 1.29 is 9.90 Å². The molecule has 2 N–H and O–H groups in total. The van der Waals surface area contributed by atoms with Gasteiger partial charge in [0.2, 0.25) is 6.41 Å². The fourth-order valence-electron chi connectivity index (χ4n) is 2.49. The monoisotopic (exact) mass is 198 g/mol. The minimum atomic E-state index is -0.0965. The lowest BCUT2D eigenvalue weighted by Gasteiger charge is -2.44. The highest BCUT2D eigenvalue weighted by molar-refractivity contribution is 5.46. The first-order valence-electron chi connectivity index (χ1n) is 5.41. The molecule has 1 amide bonds. The molecule has 2 aliphatic rings. The van der Waals surface area contributed by atoms with Crippen molar-refractivity contribution in [2.75, 3.05) is 13.1 Å². The molecule has 0 spiro atoms. The summed E-state index contributed by atoms with van der Waals surface area (Å²) in [5.41, 5.74) is 0. The molecule has 14 heavy (non-hydrogen) atoms. The lowest BCUT2D eigenvalue weighted by atomic mass is 9.88. The summed E-state index contributed by atoms with van der Waals surface area (Å²) in [4.78, 5) is 12.6. The molecule has 0 aromatic carbocycles. The second-order valence-electron chi connectivity index (χ2n) is 4.40. The van der Waals surface area contributed by atoms with E-state index in [-0.39, 0.29) is 6.10 Å². The molecule has 2 rings (SSSR count). The van der Waals surface area contributed by atoms with Crippen LogP contribution in [0.5, 0.6) is 0 Å². The molecule has 80 valence electrons. The van der Waals surface area contributed by atoms with Crippen molar-refractivity contribution in [3.05, 3.63) is 0 Å². The molecule has 1 heterocycles. The van der Waals surface area contributed by atoms with Crippen LogP contribution in [0.4, 0.5) is 0 Å². The van der Waals surface area contributed by atoms with Crippen LogP contribution in [0.15, 0.2) is 0 Å². The maximum absolute atomic E-state index is 10.2. The Bertz CT molecular complexity index is 196. The number of nitrogens with zero attached hydrogens (tertiary/aromatic N) is 1. The predicted octanol–water partition coefficient (Wildman–Crippen LogP) is -0.280. The Morgan fingerprint density at radius 1 is 1.21 bits per heavy atom. The summed E-state index contributed by atoms with van der Waals surface area (Å²) in [6.07, 6.45) is 5.17. The fourth-order valence-corrected chi connectivity index (χ4v) is 2.49. The van der Waals surface area contributed by atoms with Gasteiger partial charge in [0.15, 0.2) is 0 Å². The maximum Gasteiger partial charge on any atom is 0.207 e. The van der Waals surface area contributed by atoms with Crippen molar-refractivity contribution >= 4 is 6.41 Å². The van der Waals surface area contributed by atoms with E-state index in [4.69, 9.17) is 0 Å². The van der Waals surface area contributed by atoms with Crippen LogP contribution in [0.2, 0.25) is 0 Å². The van der Waals surface area contributed by atoms with Gasteiger partial charge in [0.25, 0.3) is 0 Å². The molecule has 4 heteroatoms. The molecule has 0 aromatic rings. The van der Waals surface area contributed by atoms with Crippen molar-refractivity contribution in [3.63, 3.8) is 0 Å². The molecule has 1 saturated heterocycles. The molecule has 0 unspecified atom stereocenters. The molecular formula is C10H18N2O2. The number of carbonyl (C=O) groups excluding carboxylic acids is 1. The third-order valence-electron chi connectivity index (χ3n) is 3.41. The maximum atomic E-state index is 10.2. The van der Waals surface area contributed by atoms with Gasteiger partial charge in [0, 0.05) is 25.2 Å². The number of aliphatic hydroxyl groups is 1. The van der Waals surface area contributed by atoms with E-state index in [1.165, 1.54) is 0 Å². The zero-order valence-corrected chi connectivity index (χ0v) is 8.35. The molecular weight excluding hydrogens is 180 g/mol. The van der Waals surface area contributed by atoms with Crippen LogP contribution < -0.4 is 5.32 Å². The van der Waals surface area contributed by atoms with E-state index in [2.05, 4.69) is 10.2 Å². The van der Waals surface area contributed by atoms with Gasteiger partial charge in [-0.2, -0.15) is 0 Å². The highest BCUT2D eigenvalue weighted by Gasteiger charge is 2.33. The number of carbonyl (C=O) groups is 1. The number of amides is 1. The number of likely N-dealkylation sites (tertiary alicyclic amines) is 1. The quantitative estimate of drug-likeness (QED) is 0.613. The van der Waals surface area contributed by atoms with Crippen LogP contribution in [0.1, 0.15) is 25.7 Å². The van der Waals surface area contributed by atoms with E-state index in [0.29, 0.717) is 12.1 Å². The van der Waals surface area contributed by atoms with Gasteiger partial charge >= 0.3 is 0 Å². The Morgan fingerprint density at radius 3 is 2.36 bits per heavy atom. The first-order valence-corrected chi connectivity index (χ1v) is 5.41. The molecule has 4 nitrogen and oxygen atoms in total. The van der Waals surface area contributed by atoms with Gasteiger partial charge < -0.3 is 10.4 Å². The number of hydrogen-bond acceptors (Lipinski definition) is 3. The molecule has 0 bridgehead atoms. The fraction of sp³-hybridized carbons (Fsp3) is 0.900. The Labute approximate surface area is 84.3 Å². The summed E-state index contributed by atoms with van der Waals surface area (Å²) < 4.78 is 0. The highest BCUT2D eigenvalue weighted by atomic mass is 16.3. The summed E-state index contributed by atoms with van der Waals surface area (Å²) in [7, 11) is 0. The van der Waals surface area contributed by atoms with Gasteiger partial charge in [0.1, 0.15) is 0 Å². The zero-order valence-electron chi connectivity index (χ0n) is 8.35. The Hall–Kier alpha value is -0.610. The standard InChI is InChI=1S/C10H18N2O2/c13-7-11-8-1-3-9(4-2-8)12-5-10(14)6-12/h7-10,14H,1-6H2,(H,11,13). The third-order valence-corrected chi connectivity index (χ3v) is 3.41. The van der Waals surface area contributed by atoms with Crippen LogP contribution >= 0.6 is 0 Å². The first-order chi connectivity index (χ1) is 6.79. The van der Waals surface area contributed by atoms with E-state index in [0.717, 1.165) is 45.2 Å². The van der Waals surface area contributed by atoms with E-state index in [1.54, 1.807) is 0 Å². The minimum Gasteiger partial charge on any atom is -0.390 e. The normalized spacial score (nSPS) is 34.9. The molecule has 2 fully saturated rings. The largest absolute Gasteiger partial charge is 0.390 e. The van der Waals surface area contributed by atoms with Gasteiger partial charge in [0.05, 0.1) is 6.10 Å². The van der Waals surface area contributed by atoms with Crippen molar-refractivity contribution in [2.24, 2.45) is 0 Å². The van der Waals surface area contributed by atoms with Gasteiger partial charge in [-0.25, -0.2) is 0 Å². The third kappa shape index (κ3) is 2.07. The van der Waals surface area contributed by atoms with Crippen molar-refractivity contribution in [1.82, 2.24) is 10.2 Å². The van der Waals surface area contributed by atoms with Crippen LogP contribution in [0.25, 0.3) is 0 Å². The molecule has 1 aliphatic heterocycles. The van der Waals surface area contributed by atoms with Crippen LogP contribution in [-0.2, 0) is 4.79 Å². The summed E-state index contributed by atoms with van der Waals surface area (Å²) in [6.45, 7) is 1.69. The summed E-state index contributed by atoms with van der Waals surface area (Å²) in [5, 5.41) is 12.0. The van der Waals surface area contributed by atoms with Crippen LogP contribution in [-0.4, -0.2) is 47.7 Å². The number of rotatable bonds is 3. The second-order valence-corrected chi connectivity index (χ2v) is 4.40. The summed E-state index contributed by atoms with van der Waals surface area (Å²) >= 11 is 0. The molecule has 1 aliphatic carbocycles. The zero-order chi connectivity index (χ0) is 9.97. The van der Waals surface area contributed by atoms with Gasteiger partial charge in [-0.1, -0.05) is 0 Å².